The zero-order valence-corrected chi connectivity index (χ0v) is 27.3. The van der Waals surface area contributed by atoms with Crippen LogP contribution in [-0.2, 0) is 0 Å². The fraction of sp³-hybridized carbons (Fsp3) is 0.333. The monoisotopic (exact) mass is 582 g/mol. The molecule has 6 rings (SSSR count). The Hall–Kier alpha value is -2.52. The van der Waals surface area contributed by atoms with Crippen LogP contribution in [0.5, 0.6) is 0 Å². The van der Waals surface area contributed by atoms with Gasteiger partial charge in [0.05, 0.1) is 23.5 Å². The molecule has 0 atom stereocenters. The Balaban J connectivity index is 0.000000583. The number of aromatic nitrogens is 4. The topological polar surface area (TPSA) is 51.6 Å². The van der Waals surface area contributed by atoms with Gasteiger partial charge in [0, 0.05) is 30.6 Å². The number of rotatable bonds is 3. The minimum absolute atomic E-state index is 0.998. The number of nitrogens with zero attached hydrogens (tertiary/aromatic N) is 4. The molecule has 0 saturated heterocycles. The number of benzene rings is 2. The lowest BCUT2D eigenvalue weighted by Gasteiger charge is -2.01. The van der Waals surface area contributed by atoms with Crippen LogP contribution in [0, 0.1) is 13.8 Å². The summed E-state index contributed by atoms with van der Waals surface area (Å²) < 4.78 is 18.0. The van der Waals surface area contributed by atoms with Crippen LogP contribution in [-0.4, -0.2) is 17.5 Å². The Bertz CT molecular complexity index is 1420. The third-order valence-electron chi connectivity index (χ3n) is 5.22. The second-order valence-electron chi connectivity index (χ2n) is 7.11. The van der Waals surface area contributed by atoms with Gasteiger partial charge in [0.2, 0.25) is 0 Å². The largest absolute Gasteiger partial charge is 0.173 e. The van der Waals surface area contributed by atoms with Crippen molar-refractivity contribution >= 4 is 68.2 Å². The molecule has 38 heavy (non-hydrogen) atoms. The van der Waals surface area contributed by atoms with Crippen molar-refractivity contribution in [2.75, 3.05) is 0 Å². The molecule has 4 nitrogen and oxygen atoms in total. The van der Waals surface area contributed by atoms with Crippen molar-refractivity contribution in [3.8, 4) is 30.6 Å². The Labute approximate surface area is 244 Å². The van der Waals surface area contributed by atoms with E-state index in [4.69, 9.17) is 0 Å². The summed E-state index contributed by atoms with van der Waals surface area (Å²) in [5.74, 6) is 0. The molecule has 0 saturated carbocycles. The zero-order chi connectivity index (χ0) is 28.2. The van der Waals surface area contributed by atoms with Crippen LogP contribution in [0.2, 0.25) is 0 Å². The molecule has 2 aromatic carbocycles. The van der Waals surface area contributed by atoms with Crippen molar-refractivity contribution in [3.05, 3.63) is 59.7 Å². The molecule has 4 heterocycles. The summed E-state index contributed by atoms with van der Waals surface area (Å²) in [5.41, 5.74) is 8.66. The Kier molecular flexibility index (Phi) is 13.2. The summed E-state index contributed by atoms with van der Waals surface area (Å²) in [5, 5.41) is 0. The molecule has 0 amide bonds. The third-order valence-corrected chi connectivity index (χ3v) is 8.71. The lowest BCUT2D eigenvalue weighted by Crippen LogP contribution is -1.81. The van der Waals surface area contributed by atoms with Crippen molar-refractivity contribution in [2.24, 2.45) is 0 Å². The van der Waals surface area contributed by atoms with Crippen LogP contribution in [0.25, 0.3) is 52.7 Å². The predicted octanol–water partition coefficient (Wildman–Crippen LogP) is 11.5. The van der Waals surface area contributed by atoms with E-state index in [-0.39, 0.29) is 0 Å². The van der Waals surface area contributed by atoms with Gasteiger partial charge in [0.1, 0.15) is 22.1 Å². The van der Waals surface area contributed by atoms with Gasteiger partial charge in [0.25, 0.3) is 0 Å². The first-order chi connectivity index (χ1) is 18.7. The summed E-state index contributed by atoms with van der Waals surface area (Å²) in [6.45, 7) is 20.2. The fourth-order valence-corrected chi connectivity index (χ4v) is 7.00. The van der Waals surface area contributed by atoms with Gasteiger partial charge in [-0.05, 0) is 49.2 Å². The van der Waals surface area contributed by atoms with Gasteiger partial charge in [-0.3, -0.25) is 0 Å². The van der Waals surface area contributed by atoms with Crippen molar-refractivity contribution in [3.63, 3.8) is 0 Å². The maximum atomic E-state index is 4.54. The minimum Gasteiger partial charge on any atom is -0.173 e. The van der Waals surface area contributed by atoms with E-state index < -0.39 is 0 Å². The van der Waals surface area contributed by atoms with Crippen LogP contribution < -0.4 is 0 Å². The molecule has 0 bridgehead atoms. The maximum absolute atomic E-state index is 4.54. The molecule has 0 aliphatic rings. The van der Waals surface area contributed by atoms with Gasteiger partial charge in [-0.15, -0.1) is 22.7 Å². The Morgan fingerprint density at radius 1 is 0.395 bits per heavy atom. The quantitative estimate of drug-likeness (QED) is 0.208. The van der Waals surface area contributed by atoms with Crippen LogP contribution in [0.4, 0.5) is 0 Å². The average Bonchev–Trinajstić information content (AvgIpc) is 3.80. The van der Waals surface area contributed by atoms with E-state index in [0.29, 0.717) is 0 Å². The summed E-state index contributed by atoms with van der Waals surface area (Å²) in [4.78, 5) is 4.97. The smallest absolute Gasteiger partial charge is 0.113 e. The highest BCUT2D eigenvalue weighted by atomic mass is 32.1. The van der Waals surface area contributed by atoms with E-state index in [2.05, 4.69) is 79.9 Å². The number of hydrogen-bond donors (Lipinski definition) is 0. The van der Waals surface area contributed by atoms with Crippen molar-refractivity contribution in [1.82, 2.24) is 17.5 Å². The molecule has 0 fully saturated rings. The van der Waals surface area contributed by atoms with E-state index in [1.54, 1.807) is 22.7 Å². The second kappa shape index (κ2) is 15.8. The second-order valence-corrected chi connectivity index (χ2v) is 10.3. The number of hydrogen-bond acceptors (Lipinski definition) is 8. The van der Waals surface area contributed by atoms with Crippen molar-refractivity contribution in [2.45, 2.75) is 69.2 Å². The predicted molar refractivity (Wildman–Crippen MR) is 175 cm³/mol. The van der Waals surface area contributed by atoms with Gasteiger partial charge in [-0.2, -0.15) is 17.5 Å². The molecule has 8 heteroatoms. The molecule has 0 unspecified atom stereocenters. The number of aryl methyl sites for hydroxylation is 2. The first kappa shape index (κ1) is 31.7. The van der Waals surface area contributed by atoms with E-state index in [0.717, 1.165) is 33.2 Å². The highest BCUT2D eigenvalue weighted by molar-refractivity contribution is 7.25. The van der Waals surface area contributed by atoms with E-state index in [1.165, 1.54) is 54.1 Å². The molecule has 0 spiro atoms. The standard InChI is InChI=1S/C22H14N4S4.4C2H6/c1-11-3-5-13(21-19(11)23-29-25-21)15-7-9-17(27-15)18-10-8-16(28-18)14-6-4-12(2)20-22(14)26-30-24-20;4*1-2/h3-10H,1-2H3;4*1-2H3. The molecule has 0 aliphatic carbocycles. The number of thiophene rings is 2. The highest BCUT2D eigenvalue weighted by Gasteiger charge is 2.15. The summed E-state index contributed by atoms with van der Waals surface area (Å²) >= 11 is 6.16. The molecular weight excluding hydrogens is 545 g/mol. The number of fused-ring (bicyclic) bond motifs is 2. The SMILES string of the molecule is CC.CC.CC.CC.Cc1ccc(-c2ccc(-c3ccc(-c4ccc(C)c5nsnc45)s3)s2)c2nsnc12. The van der Waals surface area contributed by atoms with Crippen LogP contribution >= 0.6 is 46.1 Å². The molecular formula is C30H38N4S4. The molecule has 6 aromatic rings. The lowest BCUT2D eigenvalue weighted by molar-refractivity contribution is 1.48. The van der Waals surface area contributed by atoms with E-state index in [9.17, 15) is 0 Å². The molecule has 202 valence electrons. The zero-order valence-electron chi connectivity index (χ0n) is 24.0. The first-order valence-corrected chi connectivity index (χ1v) is 16.4. The lowest BCUT2D eigenvalue weighted by atomic mass is 10.1. The van der Waals surface area contributed by atoms with Gasteiger partial charge < -0.3 is 0 Å². The molecule has 0 aliphatic heterocycles. The Morgan fingerprint density at radius 2 is 0.711 bits per heavy atom. The summed E-state index contributed by atoms with van der Waals surface area (Å²) in [6.07, 6.45) is 0. The van der Waals surface area contributed by atoms with Gasteiger partial charge in [0.15, 0.2) is 0 Å². The summed E-state index contributed by atoms with van der Waals surface area (Å²) in [6, 6.07) is 17.4. The van der Waals surface area contributed by atoms with Crippen LogP contribution in [0.1, 0.15) is 66.5 Å². The van der Waals surface area contributed by atoms with Gasteiger partial charge in [-0.25, -0.2) is 0 Å². The molecule has 4 aromatic heterocycles. The normalized spacial score (nSPS) is 9.84. The van der Waals surface area contributed by atoms with Gasteiger partial charge in [-0.1, -0.05) is 79.7 Å². The highest BCUT2D eigenvalue weighted by Crippen LogP contribution is 2.43. The van der Waals surface area contributed by atoms with E-state index in [1.807, 2.05) is 55.4 Å². The molecule has 0 N–H and O–H groups in total. The maximum Gasteiger partial charge on any atom is 0.113 e. The first-order valence-electron chi connectivity index (χ1n) is 13.3. The summed E-state index contributed by atoms with van der Waals surface area (Å²) in [7, 11) is 0. The van der Waals surface area contributed by atoms with Crippen LogP contribution in [0.15, 0.2) is 48.5 Å². The molecule has 0 radical (unpaired) electrons. The van der Waals surface area contributed by atoms with Crippen molar-refractivity contribution < 1.29 is 0 Å². The third kappa shape index (κ3) is 6.54. The van der Waals surface area contributed by atoms with E-state index >= 15 is 0 Å². The average molecular weight is 583 g/mol. The Morgan fingerprint density at radius 3 is 1.08 bits per heavy atom. The minimum atomic E-state index is 0.998. The fourth-order valence-electron chi connectivity index (χ4n) is 3.61. The van der Waals surface area contributed by atoms with Gasteiger partial charge >= 0.3 is 0 Å². The van der Waals surface area contributed by atoms with Crippen molar-refractivity contribution in [1.29, 1.82) is 0 Å². The van der Waals surface area contributed by atoms with Crippen LogP contribution in [0.3, 0.4) is 0 Å².